The molecule has 1 N–H and O–H groups in total. The third-order valence-electron chi connectivity index (χ3n) is 3.54. The summed E-state index contributed by atoms with van der Waals surface area (Å²) in [6.07, 6.45) is 1.17. The molecular formula is C16H25NO2. The van der Waals surface area contributed by atoms with Gasteiger partial charge in [-0.1, -0.05) is 43.7 Å². The first-order valence-electron chi connectivity index (χ1n) is 6.87. The molecular weight excluding hydrogens is 238 g/mol. The molecule has 3 nitrogen and oxygen atoms in total. The molecule has 0 bridgehead atoms. The minimum atomic E-state index is -0.732. The predicted octanol–water partition coefficient (Wildman–Crippen LogP) is 2.97. The highest BCUT2D eigenvalue weighted by atomic mass is 16.4. The zero-order valence-corrected chi connectivity index (χ0v) is 12.4. The average Bonchev–Trinajstić information content (AvgIpc) is 2.32. The topological polar surface area (TPSA) is 40.5 Å². The zero-order chi connectivity index (χ0) is 14.4. The van der Waals surface area contributed by atoms with Crippen LogP contribution in [0.15, 0.2) is 24.3 Å². The molecule has 106 valence electrons. The first kappa shape index (κ1) is 15.7. The van der Waals surface area contributed by atoms with E-state index in [2.05, 4.69) is 49.9 Å². The van der Waals surface area contributed by atoms with Gasteiger partial charge in [-0.15, -0.1) is 0 Å². The van der Waals surface area contributed by atoms with E-state index >= 15 is 0 Å². The second kappa shape index (κ2) is 7.29. The number of nitrogens with zero attached hydrogens (tertiary/aromatic N) is 1. The Morgan fingerprint density at radius 1 is 1.37 bits per heavy atom. The number of benzene rings is 1. The highest BCUT2D eigenvalue weighted by Gasteiger charge is 2.19. The first-order valence-corrected chi connectivity index (χ1v) is 6.87. The fourth-order valence-electron chi connectivity index (χ4n) is 2.42. The van der Waals surface area contributed by atoms with Gasteiger partial charge in [-0.2, -0.15) is 0 Å². The molecule has 1 aromatic rings. The van der Waals surface area contributed by atoms with Gasteiger partial charge in [0.15, 0.2) is 0 Å². The van der Waals surface area contributed by atoms with Gasteiger partial charge in [0.05, 0.1) is 6.42 Å². The number of rotatable bonds is 7. The van der Waals surface area contributed by atoms with E-state index in [1.54, 1.807) is 0 Å². The van der Waals surface area contributed by atoms with Crippen LogP contribution in [0.4, 0.5) is 0 Å². The minimum Gasteiger partial charge on any atom is -0.481 e. The van der Waals surface area contributed by atoms with Crippen molar-refractivity contribution in [2.24, 2.45) is 5.92 Å². The van der Waals surface area contributed by atoms with E-state index in [1.807, 2.05) is 7.05 Å². The first-order chi connectivity index (χ1) is 8.90. The fraction of sp³-hybridized carbons (Fsp3) is 0.562. The Morgan fingerprint density at radius 2 is 2.05 bits per heavy atom. The average molecular weight is 263 g/mol. The number of likely N-dealkylation sites (N-methyl/N-ethyl adjacent to an activating group) is 1. The fourth-order valence-corrected chi connectivity index (χ4v) is 2.42. The van der Waals surface area contributed by atoms with Crippen LogP contribution in [-0.2, 0) is 11.2 Å². The van der Waals surface area contributed by atoms with E-state index in [9.17, 15) is 4.79 Å². The van der Waals surface area contributed by atoms with Crippen LogP contribution >= 0.6 is 0 Å². The van der Waals surface area contributed by atoms with E-state index in [0.717, 1.165) is 6.42 Å². The highest BCUT2D eigenvalue weighted by molar-refractivity contribution is 5.66. The summed E-state index contributed by atoms with van der Waals surface area (Å²) in [6.45, 7) is 7.08. The summed E-state index contributed by atoms with van der Waals surface area (Å²) in [5.74, 6) is -0.232. The lowest BCUT2D eigenvalue weighted by molar-refractivity contribution is -0.137. The molecule has 0 fully saturated rings. The maximum absolute atomic E-state index is 10.7. The monoisotopic (exact) mass is 263 g/mol. The zero-order valence-electron chi connectivity index (χ0n) is 12.4. The van der Waals surface area contributed by atoms with Crippen LogP contribution in [-0.4, -0.2) is 35.6 Å². The van der Waals surface area contributed by atoms with Gasteiger partial charge in [0.1, 0.15) is 0 Å². The lowest BCUT2D eigenvalue weighted by Crippen LogP contribution is -2.39. The van der Waals surface area contributed by atoms with E-state index in [-0.39, 0.29) is 6.42 Å². The number of hydrogen-bond donors (Lipinski definition) is 1. The van der Waals surface area contributed by atoms with Crippen molar-refractivity contribution in [2.45, 2.75) is 39.7 Å². The van der Waals surface area contributed by atoms with Crippen LogP contribution in [0.3, 0.4) is 0 Å². The van der Waals surface area contributed by atoms with Gasteiger partial charge in [-0.25, -0.2) is 0 Å². The second-order valence-electron chi connectivity index (χ2n) is 5.63. The third-order valence-corrected chi connectivity index (χ3v) is 3.54. The van der Waals surface area contributed by atoms with Gasteiger partial charge in [0.25, 0.3) is 0 Å². The summed E-state index contributed by atoms with van der Waals surface area (Å²) >= 11 is 0. The van der Waals surface area contributed by atoms with Gasteiger partial charge >= 0.3 is 5.97 Å². The van der Waals surface area contributed by atoms with Gasteiger partial charge in [-0.3, -0.25) is 4.79 Å². The maximum Gasteiger partial charge on any atom is 0.304 e. The second-order valence-corrected chi connectivity index (χ2v) is 5.63. The van der Waals surface area contributed by atoms with Gasteiger partial charge < -0.3 is 10.0 Å². The van der Waals surface area contributed by atoms with Gasteiger partial charge in [0.2, 0.25) is 0 Å². The standard InChI is InChI=1S/C16H25NO2/c1-12(2)15(17(4)9-8-16(18)19)11-14-7-5-6-13(3)10-14/h5-7,10,12,15H,8-9,11H2,1-4H3,(H,18,19). The summed E-state index contributed by atoms with van der Waals surface area (Å²) in [5, 5.41) is 8.78. The molecule has 0 aliphatic carbocycles. The number of hydrogen-bond acceptors (Lipinski definition) is 2. The molecule has 0 radical (unpaired) electrons. The Hall–Kier alpha value is -1.35. The summed E-state index contributed by atoms with van der Waals surface area (Å²) in [6, 6.07) is 8.91. The summed E-state index contributed by atoms with van der Waals surface area (Å²) in [5.41, 5.74) is 2.59. The van der Waals surface area contributed by atoms with Crippen LogP contribution in [0.1, 0.15) is 31.4 Å². The molecule has 1 atom stereocenters. The van der Waals surface area contributed by atoms with Crippen molar-refractivity contribution in [3.8, 4) is 0 Å². The molecule has 0 heterocycles. The third kappa shape index (κ3) is 5.43. The quantitative estimate of drug-likeness (QED) is 0.822. The van der Waals surface area contributed by atoms with Crippen molar-refractivity contribution in [2.75, 3.05) is 13.6 Å². The summed E-state index contributed by atoms with van der Waals surface area (Å²) in [4.78, 5) is 12.8. The van der Waals surface area contributed by atoms with Crippen molar-refractivity contribution >= 4 is 5.97 Å². The molecule has 0 spiro atoms. The van der Waals surface area contributed by atoms with Crippen molar-refractivity contribution < 1.29 is 9.90 Å². The molecule has 3 heteroatoms. The maximum atomic E-state index is 10.7. The Morgan fingerprint density at radius 3 is 2.58 bits per heavy atom. The van der Waals surface area contributed by atoms with Gasteiger partial charge in [0, 0.05) is 12.6 Å². The number of carboxylic acid groups (broad SMARTS) is 1. The molecule has 0 saturated carbocycles. The molecule has 19 heavy (non-hydrogen) atoms. The smallest absolute Gasteiger partial charge is 0.304 e. The molecule has 1 unspecified atom stereocenters. The molecule has 0 saturated heterocycles. The van der Waals surface area contributed by atoms with E-state index < -0.39 is 5.97 Å². The van der Waals surface area contributed by atoms with Crippen LogP contribution in [0.25, 0.3) is 0 Å². The Kier molecular flexibility index (Phi) is 6.03. The van der Waals surface area contributed by atoms with Gasteiger partial charge in [-0.05, 0) is 31.9 Å². The minimum absolute atomic E-state index is 0.202. The molecule has 0 amide bonds. The van der Waals surface area contributed by atoms with Crippen molar-refractivity contribution in [3.63, 3.8) is 0 Å². The largest absolute Gasteiger partial charge is 0.481 e. The molecule has 1 aromatic carbocycles. The predicted molar refractivity (Wildman–Crippen MR) is 78.4 cm³/mol. The Labute approximate surface area is 116 Å². The molecule has 1 rings (SSSR count). The molecule has 0 aliphatic rings. The molecule has 0 aliphatic heterocycles. The van der Waals surface area contributed by atoms with Crippen molar-refractivity contribution in [1.29, 1.82) is 0 Å². The number of carbonyl (C=O) groups is 1. The number of carboxylic acids is 1. The van der Waals surface area contributed by atoms with E-state index in [1.165, 1.54) is 11.1 Å². The van der Waals surface area contributed by atoms with Crippen LogP contribution in [0.5, 0.6) is 0 Å². The molecule has 0 aromatic heterocycles. The normalized spacial score (nSPS) is 12.9. The number of aryl methyl sites for hydroxylation is 1. The lowest BCUT2D eigenvalue weighted by atomic mass is 9.94. The SMILES string of the molecule is Cc1cccc(CC(C(C)C)N(C)CCC(=O)O)c1. The lowest BCUT2D eigenvalue weighted by Gasteiger charge is -2.31. The number of aliphatic carboxylic acids is 1. The van der Waals surface area contributed by atoms with Crippen molar-refractivity contribution in [3.05, 3.63) is 35.4 Å². The Balaban J connectivity index is 2.69. The van der Waals surface area contributed by atoms with Crippen LogP contribution < -0.4 is 0 Å². The summed E-state index contributed by atoms with van der Waals surface area (Å²) in [7, 11) is 2.02. The van der Waals surface area contributed by atoms with Crippen molar-refractivity contribution in [1.82, 2.24) is 4.90 Å². The highest BCUT2D eigenvalue weighted by Crippen LogP contribution is 2.16. The van der Waals surface area contributed by atoms with E-state index in [0.29, 0.717) is 18.5 Å². The summed E-state index contributed by atoms with van der Waals surface area (Å²) < 4.78 is 0. The Bertz CT molecular complexity index is 415. The van der Waals surface area contributed by atoms with Crippen LogP contribution in [0.2, 0.25) is 0 Å². The van der Waals surface area contributed by atoms with E-state index in [4.69, 9.17) is 5.11 Å². The van der Waals surface area contributed by atoms with Crippen LogP contribution in [0, 0.1) is 12.8 Å².